The summed E-state index contributed by atoms with van der Waals surface area (Å²) in [5, 5.41) is 31.2. The Labute approximate surface area is 125 Å². The highest BCUT2D eigenvalue weighted by Crippen LogP contribution is 2.46. The number of piperazine rings is 1. The third-order valence-electron chi connectivity index (χ3n) is 3.28. The van der Waals surface area contributed by atoms with Crippen LogP contribution in [0, 0.1) is 0 Å². The summed E-state index contributed by atoms with van der Waals surface area (Å²) in [4.78, 5) is 1.18. The predicted molar refractivity (Wildman–Crippen MR) is 71.9 cm³/mol. The lowest BCUT2D eigenvalue weighted by Crippen LogP contribution is -2.49. The molecule has 0 unspecified atom stereocenters. The van der Waals surface area contributed by atoms with Crippen molar-refractivity contribution in [1.29, 1.82) is 0 Å². The molecule has 120 valence electrons. The van der Waals surface area contributed by atoms with E-state index >= 15 is 0 Å². The number of nitrogens with one attached hydrogen (secondary N) is 1. The third kappa shape index (κ3) is 3.63. The number of aromatic hydroxyl groups is 3. The molecule has 1 aliphatic heterocycles. The average molecular weight is 329 g/mol. The lowest BCUT2D eigenvalue weighted by Gasteiger charge is -2.36. The number of rotatable bonds is 2. The van der Waals surface area contributed by atoms with Gasteiger partial charge in [0, 0.05) is 31.7 Å². The molecule has 2 rings (SSSR count). The Kier molecular flexibility index (Phi) is 5.54. The van der Waals surface area contributed by atoms with Crippen LogP contribution in [0.15, 0.2) is 12.1 Å². The van der Waals surface area contributed by atoms with Gasteiger partial charge in [0.05, 0.1) is 0 Å². The van der Waals surface area contributed by atoms with E-state index in [-0.39, 0.29) is 25.5 Å². The van der Waals surface area contributed by atoms with Gasteiger partial charge in [-0.15, -0.1) is 12.4 Å². The summed E-state index contributed by atoms with van der Waals surface area (Å²) < 4.78 is 39.9. The van der Waals surface area contributed by atoms with Gasteiger partial charge in [-0.3, -0.25) is 4.90 Å². The molecule has 4 N–H and O–H groups in total. The normalized spacial score (nSPS) is 18.0. The van der Waals surface area contributed by atoms with Gasteiger partial charge in [-0.25, -0.2) is 0 Å². The van der Waals surface area contributed by atoms with Crippen molar-refractivity contribution in [1.82, 2.24) is 10.2 Å². The fourth-order valence-corrected chi connectivity index (χ4v) is 2.33. The van der Waals surface area contributed by atoms with Crippen molar-refractivity contribution >= 4 is 12.4 Å². The Balaban J connectivity index is 0.00000220. The summed E-state index contributed by atoms with van der Waals surface area (Å²) in [5.41, 5.74) is -0.463. The Hall–Kier alpha value is -1.38. The van der Waals surface area contributed by atoms with Crippen molar-refractivity contribution in [3.8, 4) is 17.2 Å². The summed E-state index contributed by atoms with van der Waals surface area (Å²) in [6, 6.07) is -0.105. The summed E-state index contributed by atoms with van der Waals surface area (Å²) in [5.74, 6) is -2.54. The van der Waals surface area contributed by atoms with Crippen molar-refractivity contribution < 1.29 is 28.5 Å². The number of nitrogens with zero attached hydrogens (tertiary/aromatic N) is 1. The number of benzene rings is 1. The van der Waals surface area contributed by atoms with Gasteiger partial charge in [-0.05, 0) is 12.1 Å². The molecule has 1 aromatic carbocycles. The predicted octanol–water partition coefficient (Wildman–Crippen LogP) is 1.73. The van der Waals surface area contributed by atoms with Crippen LogP contribution in [0.1, 0.15) is 11.6 Å². The molecule has 0 bridgehead atoms. The van der Waals surface area contributed by atoms with Crippen LogP contribution < -0.4 is 5.32 Å². The standard InChI is InChI=1S/C12H15F3N2O3.ClH/c13-12(14,15)11(17-5-3-16-4-6-17)7-1-2-8(18)10(20)9(7)19;/h1-2,11,16,18-20H,3-6H2;1H/t11-;/m1./s1. The van der Waals surface area contributed by atoms with E-state index < -0.39 is 35.0 Å². The van der Waals surface area contributed by atoms with E-state index in [0.29, 0.717) is 13.1 Å². The van der Waals surface area contributed by atoms with Crippen LogP contribution >= 0.6 is 12.4 Å². The smallest absolute Gasteiger partial charge is 0.408 e. The summed E-state index contributed by atoms with van der Waals surface area (Å²) in [7, 11) is 0. The van der Waals surface area contributed by atoms with Crippen LogP contribution in [0.2, 0.25) is 0 Å². The minimum Gasteiger partial charge on any atom is -0.504 e. The minimum absolute atomic E-state index is 0. The summed E-state index contributed by atoms with van der Waals surface area (Å²) in [6.07, 6.45) is -4.60. The first-order valence-electron chi connectivity index (χ1n) is 6.07. The maximum atomic E-state index is 13.3. The molecule has 0 saturated carbocycles. The average Bonchev–Trinajstić information content (AvgIpc) is 2.39. The molecule has 0 radical (unpaired) electrons. The molecule has 0 aliphatic carbocycles. The monoisotopic (exact) mass is 328 g/mol. The first-order valence-corrected chi connectivity index (χ1v) is 6.07. The van der Waals surface area contributed by atoms with Crippen LogP contribution in [0.4, 0.5) is 13.2 Å². The van der Waals surface area contributed by atoms with Crippen molar-refractivity contribution in [3.05, 3.63) is 17.7 Å². The highest BCUT2D eigenvalue weighted by Gasteiger charge is 2.46. The number of phenols is 3. The van der Waals surface area contributed by atoms with E-state index in [1.54, 1.807) is 0 Å². The molecule has 0 spiro atoms. The minimum atomic E-state index is -4.60. The van der Waals surface area contributed by atoms with Crippen LogP contribution in [-0.4, -0.2) is 52.6 Å². The molecular formula is C12H16ClF3N2O3. The van der Waals surface area contributed by atoms with E-state index in [0.717, 1.165) is 12.1 Å². The Morgan fingerprint density at radius 3 is 2.14 bits per heavy atom. The number of phenolic OH excluding ortho intramolecular Hbond substituents is 3. The maximum absolute atomic E-state index is 13.3. The molecule has 0 aromatic heterocycles. The molecule has 21 heavy (non-hydrogen) atoms. The summed E-state index contributed by atoms with van der Waals surface area (Å²) >= 11 is 0. The SMILES string of the molecule is Cl.Oc1ccc([C@@H](N2CCNCC2)C(F)(F)F)c(O)c1O. The zero-order chi connectivity index (χ0) is 14.9. The topological polar surface area (TPSA) is 76.0 Å². The number of hydrogen-bond acceptors (Lipinski definition) is 5. The van der Waals surface area contributed by atoms with Gasteiger partial charge in [0.25, 0.3) is 0 Å². The van der Waals surface area contributed by atoms with E-state index in [9.17, 15) is 28.5 Å². The van der Waals surface area contributed by atoms with Gasteiger partial charge in [-0.1, -0.05) is 0 Å². The maximum Gasteiger partial charge on any atom is 0.408 e. The molecule has 1 fully saturated rings. The highest BCUT2D eigenvalue weighted by atomic mass is 35.5. The summed E-state index contributed by atoms with van der Waals surface area (Å²) in [6.45, 7) is 1.17. The molecule has 1 aromatic rings. The van der Waals surface area contributed by atoms with Crippen molar-refractivity contribution in [2.45, 2.75) is 12.2 Å². The van der Waals surface area contributed by atoms with Crippen LogP contribution in [0.3, 0.4) is 0 Å². The van der Waals surface area contributed by atoms with Crippen LogP contribution in [0.5, 0.6) is 17.2 Å². The molecule has 1 saturated heterocycles. The molecule has 9 heteroatoms. The van der Waals surface area contributed by atoms with E-state index in [4.69, 9.17) is 0 Å². The molecule has 1 heterocycles. The lowest BCUT2D eigenvalue weighted by atomic mass is 10.0. The lowest BCUT2D eigenvalue weighted by molar-refractivity contribution is -0.188. The fourth-order valence-electron chi connectivity index (χ4n) is 2.33. The van der Waals surface area contributed by atoms with Gasteiger partial charge in [0.15, 0.2) is 11.5 Å². The van der Waals surface area contributed by atoms with E-state index in [1.165, 1.54) is 4.90 Å². The van der Waals surface area contributed by atoms with Crippen molar-refractivity contribution in [3.63, 3.8) is 0 Å². The largest absolute Gasteiger partial charge is 0.504 e. The van der Waals surface area contributed by atoms with Gasteiger partial charge in [0.1, 0.15) is 6.04 Å². The zero-order valence-electron chi connectivity index (χ0n) is 10.9. The van der Waals surface area contributed by atoms with Crippen molar-refractivity contribution in [2.24, 2.45) is 0 Å². The highest BCUT2D eigenvalue weighted by molar-refractivity contribution is 5.85. The molecule has 0 amide bonds. The zero-order valence-corrected chi connectivity index (χ0v) is 11.7. The molecular weight excluding hydrogens is 313 g/mol. The molecule has 1 aliphatic rings. The second-order valence-corrected chi connectivity index (χ2v) is 4.60. The fraction of sp³-hybridized carbons (Fsp3) is 0.500. The quantitative estimate of drug-likeness (QED) is 0.622. The first-order chi connectivity index (χ1) is 9.32. The van der Waals surface area contributed by atoms with Crippen LogP contribution in [-0.2, 0) is 0 Å². The van der Waals surface area contributed by atoms with Gasteiger partial charge < -0.3 is 20.6 Å². The van der Waals surface area contributed by atoms with Gasteiger partial charge in [-0.2, -0.15) is 13.2 Å². The number of hydrogen-bond donors (Lipinski definition) is 4. The first kappa shape index (κ1) is 17.7. The van der Waals surface area contributed by atoms with Gasteiger partial charge >= 0.3 is 6.18 Å². The van der Waals surface area contributed by atoms with Crippen LogP contribution in [0.25, 0.3) is 0 Å². The number of alkyl halides is 3. The second kappa shape index (κ2) is 6.59. The molecule has 5 nitrogen and oxygen atoms in total. The Bertz CT molecular complexity index is 493. The third-order valence-corrected chi connectivity index (χ3v) is 3.28. The second-order valence-electron chi connectivity index (χ2n) is 4.60. The Morgan fingerprint density at radius 2 is 1.62 bits per heavy atom. The number of halogens is 4. The Morgan fingerprint density at radius 1 is 1.05 bits per heavy atom. The van der Waals surface area contributed by atoms with E-state index in [2.05, 4.69) is 5.32 Å². The van der Waals surface area contributed by atoms with E-state index in [1.807, 2.05) is 0 Å². The van der Waals surface area contributed by atoms with Crippen molar-refractivity contribution in [2.75, 3.05) is 26.2 Å². The molecule has 1 atom stereocenters. The van der Waals surface area contributed by atoms with Gasteiger partial charge in [0.2, 0.25) is 5.75 Å².